The molecular formula is C21H23N5O3S. The lowest BCUT2D eigenvalue weighted by molar-refractivity contribution is 0.426. The van der Waals surface area contributed by atoms with Crippen LogP contribution in [0.4, 0.5) is 11.5 Å². The normalized spacial score (nSPS) is 15.3. The Balaban J connectivity index is 1.73. The van der Waals surface area contributed by atoms with Crippen LogP contribution in [0.5, 0.6) is 0 Å². The highest BCUT2D eigenvalue weighted by Gasteiger charge is 2.34. The summed E-state index contributed by atoms with van der Waals surface area (Å²) in [6.07, 6.45) is 4.00. The molecule has 0 aliphatic heterocycles. The number of sulfone groups is 1. The molecule has 0 saturated heterocycles. The number of aromatic nitrogens is 3. The van der Waals surface area contributed by atoms with Crippen molar-refractivity contribution in [3.8, 4) is 6.07 Å². The van der Waals surface area contributed by atoms with Crippen molar-refractivity contribution in [3.05, 3.63) is 46.9 Å². The number of hydrogen-bond donors (Lipinski definition) is 2. The first-order valence-electron chi connectivity index (χ1n) is 9.90. The van der Waals surface area contributed by atoms with Crippen LogP contribution in [-0.4, -0.2) is 28.4 Å². The van der Waals surface area contributed by atoms with E-state index in [0.717, 1.165) is 12.8 Å². The Labute approximate surface area is 174 Å². The van der Waals surface area contributed by atoms with Gasteiger partial charge in [-0.25, -0.2) is 8.42 Å². The van der Waals surface area contributed by atoms with Crippen LogP contribution in [0.2, 0.25) is 0 Å². The van der Waals surface area contributed by atoms with E-state index in [1.807, 2.05) is 0 Å². The average molecular weight is 426 g/mol. The molecule has 8 nitrogen and oxygen atoms in total. The number of nitriles is 1. The highest BCUT2D eigenvalue weighted by molar-refractivity contribution is 7.92. The molecule has 0 amide bonds. The second-order valence-electron chi connectivity index (χ2n) is 7.87. The summed E-state index contributed by atoms with van der Waals surface area (Å²) in [6, 6.07) is 10.4. The van der Waals surface area contributed by atoms with Crippen LogP contribution in [0.25, 0.3) is 10.9 Å². The Morgan fingerprint density at radius 1 is 1.27 bits per heavy atom. The molecule has 2 N–H and O–H groups in total. The molecule has 1 aromatic carbocycles. The molecule has 0 spiro atoms. The fourth-order valence-electron chi connectivity index (χ4n) is 3.60. The van der Waals surface area contributed by atoms with Gasteiger partial charge in [-0.15, -0.1) is 0 Å². The van der Waals surface area contributed by atoms with Gasteiger partial charge >= 0.3 is 0 Å². The SMILES string of the molecule is CC(C)S(=O)(=O)c1ccc(Nc2nn(C(CC#N)C3CC3)c3cc[nH]c(=O)c23)cc1. The molecule has 1 fully saturated rings. The van der Waals surface area contributed by atoms with Gasteiger partial charge in [0.2, 0.25) is 0 Å². The van der Waals surface area contributed by atoms with Gasteiger partial charge in [-0.1, -0.05) is 0 Å². The van der Waals surface area contributed by atoms with Crippen molar-refractivity contribution in [2.75, 3.05) is 5.32 Å². The topological polar surface area (TPSA) is 121 Å². The van der Waals surface area contributed by atoms with Crippen LogP contribution in [0.1, 0.15) is 39.2 Å². The zero-order valence-electron chi connectivity index (χ0n) is 16.8. The van der Waals surface area contributed by atoms with Crippen molar-refractivity contribution >= 4 is 32.2 Å². The maximum absolute atomic E-state index is 12.5. The quantitative estimate of drug-likeness (QED) is 0.597. The summed E-state index contributed by atoms with van der Waals surface area (Å²) in [7, 11) is -3.36. The van der Waals surface area contributed by atoms with Gasteiger partial charge in [-0.3, -0.25) is 9.48 Å². The smallest absolute Gasteiger partial charge is 0.261 e. The van der Waals surface area contributed by atoms with Crippen molar-refractivity contribution in [3.63, 3.8) is 0 Å². The third-order valence-electron chi connectivity index (χ3n) is 5.48. The molecule has 2 heterocycles. The third-order valence-corrected chi connectivity index (χ3v) is 7.65. The molecule has 4 rings (SSSR count). The zero-order chi connectivity index (χ0) is 21.5. The third kappa shape index (κ3) is 3.59. The molecule has 1 unspecified atom stereocenters. The number of benzene rings is 1. The lowest BCUT2D eigenvalue weighted by Gasteiger charge is -2.14. The Bertz CT molecular complexity index is 1280. The van der Waals surface area contributed by atoms with Crippen molar-refractivity contribution in [1.82, 2.24) is 14.8 Å². The highest BCUT2D eigenvalue weighted by Crippen LogP contribution is 2.42. The van der Waals surface area contributed by atoms with E-state index in [9.17, 15) is 18.5 Å². The summed E-state index contributed by atoms with van der Waals surface area (Å²) < 4.78 is 26.4. The zero-order valence-corrected chi connectivity index (χ0v) is 17.6. The number of H-pyrrole nitrogens is 1. The first-order chi connectivity index (χ1) is 14.3. The van der Waals surface area contributed by atoms with E-state index in [1.165, 1.54) is 0 Å². The summed E-state index contributed by atoms with van der Waals surface area (Å²) in [4.78, 5) is 15.5. The molecule has 1 atom stereocenters. The molecule has 1 aliphatic rings. The number of anilines is 2. The molecule has 1 saturated carbocycles. The van der Waals surface area contributed by atoms with Crippen molar-refractivity contribution in [2.24, 2.45) is 5.92 Å². The van der Waals surface area contributed by atoms with Crippen LogP contribution in [-0.2, 0) is 9.84 Å². The summed E-state index contributed by atoms with van der Waals surface area (Å²) in [5, 5.41) is 16.9. The fraction of sp³-hybridized carbons (Fsp3) is 0.381. The summed E-state index contributed by atoms with van der Waals surface area (Å²) in [5.41, 5.74) is 1.02. The van der Waals surface area contributed by atoms with E-state index in [4.69, 9.17) is 0 Å². The second kappa shape index (κ2) is 7.61. The molecule has 156 valence electrons. The van der Waals surface area contributed by atoms with E-state index >= 15 is 0 Å². The molecule has 30 heavy (non-hydrogen) atoms. The number of hydrogen-bond acceptors (Lipinski definition) is 6. The van der Waals surface area contributed by atoms with E-state index in [-0.39, 0.29) is 16.5 Å². The molecule has 2 aromatic heterocycles. The summed E-state index contributed by atoms with van der Waals surface area (Å²) in [6.45, 7) is 3.29. The predicted molar refractivity (Wildman–Crippen MR) is 114 cm³/mol. The van der Waals surface area contributed by atoms with Gasteiger partial charge < -0.3 is 10.3 Å². The van der Waals surface area contributed by atoms with Crippen LogP contribution in [0, 0.1) is 17.2 Å². The van der Waals surface area contributed by atoms with Crippen LogP contribution < -0.4 is 10.9 Å². The molecule has 3 aromatic rings. The Hall–Kier alpha value is -3.12. The molecule has 0 bridgehead atoms. The summed E-state index contributed by atoms with van der Waals surface area (Å²) >= 11 is 0. The lowest BCUT2D eigenvalue weighted by atomic mass is 10.1. The van der Waals surface area contributed by atoms with Gasteiger partial charge in [0.15, 0.2) is 15.7 Å². The maximum Gasteiger partial charge on any atom is 0.261 e. The van der Waals surface area contributed by atoms with E-state index in [2.05, 4.69) is 21.5 Å². The van der Waals surface area contributed by atoms with E-state index in [0.29, 0.717) is 34.7 Å². The van der Waals surface area contributed by atoms with Gasteiger partial charge in [-0.2, -0.15) is 10.4 Å². The lowest BCUT2D eigenvalue weighted by Crippen LogP contribution is -2.13. The average Bonchev–Trinajstić information content (AvgIpc) is 3.49. The van der Waals surface area contributed by atoms with Gasteiger partial charge in [0.25, 0.3) is 5.56 Å². The summed E-state index contributed by atoms with van der Waals surface area (Å²) in [5.74, 6) is 0.773. The van der Waals surface area contributed by atoms with Crippen LogP contribution in [0.3, 0.4) is 0 Å². The maximum atomic E-state index is 12.5. The minimum absolute atomic E-state index is 0.0755. The molecule has 1 aliphatic carbocycles. The van der Waals surface area contributed by atoms with Crippen LogP contribution >= 0.6 is 0 Å². The molecule has 9 heteroatoms. The monoisotopic (exact) mass is 425 g/mol. The van der Waals surface area contributed by atoms with Gasteiger partial charge in [-0.05, 0) is 62.9 Å². The Morgan fingerprint density at radius 2 is 1.97 bits per heavy atom. The molecule has 0 radical (unpaired) electrons. The number of fused-ring (bicyclic) bond motifs is 1. The van der Waals surface area contributed by atoms with E-state index < -0.39 is 15.1 Å². The largest absolute Gasteiger partial charge is 0.338 e. The standard InChI is InChI=1S/C21H23N5O3S/c1-13(2)30(28,29)16-7-5-15(6-8-16)24-20-19-18(10-12-23-21(19)27)26(25-20)17(9-11-22)14-3-4-14/h5-8,10,12-14,17H,3-4,9H2,1-2H3,(H,23,27)(H,24,25). The van der Waals surface area contributed by atoms with Crippen molar-refractivity contribution < 1.29 is 8.42 Å². The Kier molecular flexibility index (Phi) is 5.12. The van der Waals surface area contributed by atoms with Crippen molar-refractivity contribution in [2.45, 2.75) is 49.3 Å². The van der Waals surface area contributed by atoms with E-state index in [1.54, 1.807) is 55.1 Å². The number of pyridine rings is 1. The first kappa shape index (κ1) is 20.2. The van der Waals surface area contributed by atoms with Crippen molar-refractivity contribution in [1.29, 1.82) is 5.26 Å². The second-order valence-corrected chi connectivity index (χ2v) is 10.4. The number of rotatable bonds is 7. The first-order valence-corrected chi connectivity index (χ1v) is 11.5. The van der Waals surface area contributed by atoms with Gasteiger partial charge in [0.1, 0.15) is 5.39 Å². The highest BCUT2D eigenvalue weighted by atomic mass is 32.2. The molecular weight excluding hydrogens is 402 g/mol. The van der Waals surface area contributed by atoms with Crippen LogP contribution in [0.15, 0.2) is 46.2 Å². The minimum atomic E-state index is -3.36. The predicted octanol–water partition coefficient (Wildman–Crippen LogP) is 3.52. The minimum Gasteiger partial charge on any atom is -0.338 e. The van der Waals surface area contributed by atoms with Gasteiger partial charge in [0.05, 0.1) is 34.2 Å². The number of aromatic amines is 1. The fourth-order valence-corrected chi connectivity index (χ4v) is 4.66. The Morgan fingerprint density at radius 3 is 2.57 bits per heavy atom. The number of nitrogens with zero attached hydrogens (tertiary/aromatic N) is 3. The number of nitrogens with one attached hydrogen (secondary N) is 2. The van der Waals surface area contributed by atoms with Gasteiger partial charge in [0, 0.05) is 11.9 Å².